The van der Waals surface area contributed by atoms with E-state index in [4.69, 9.17) is 5.73 Å². The van der Waals surface area contributed by atoms with E-state index in [9.17, 15) is 4.79 Å². The van der Waals surface area contributed by atoms with Gasteiger partial charge in [-0.2, -0.15) is 5.10 Å². The normalized spacial score (nSPS) is 10.2. The minimum atomic E-state index is -0.485. The van der Waals surface area contributed by atoms with E-state index < -0.39 is 5.97 Å². The number of anilines is 1. The van der Waals surface area contributed by atoms with E-state index in [-0.39, 0.29) is 11.4 Å². The van der Waals surface area contributed by atoms with Crippen LogP contribution in [0.3, 0.4) is 0 Å². The number of aromatic nitrogens is 2. The Bertz CT molecular complexity index is 543. The molecule has 5 heteroatoms. The number of hydrogen-bond donors (Lipinski definition) is 1. The fourth-order valence-electron chi connectivity index (χ4n) is 1.52. The second-order valence-corrected chi connectivity index (χ2v) is 3.68. The van der Waals surface area contributed by atoms with Crippen molar-refractivity contribution in [2.75, 3.05) is 12.8 Å². The van der Waals surface area contributed by atoms with Gasteiger partial charge >= 0.3 is 5.97 Å². The van der Waals surface area contributed by atoms with E-state index in [2.05, 4.69) is 9.84 Å². The largest absolute Gasteiger partial charge is 0.465 e. The highest BCUT2D eigenvalue weighted by Gasteiger charge is 2.15. The Morgan fingerprint density at radius 1 is 1.35 bits per heavy atom. The number of rotatable bonds is 2. The fraction of sp³-hybridized carbons (Fsp3) is 0.167. The lowest BCUT2D eigenvalue weighted by molar-refractivity contribution is 0.0602. The molecule has 2 rings (SSSR count). The van der Waals surface area contributed by atoms with Gasteiger partial charge in [0.2, 0.25) is 0 Å². The molecule has 2 N–H and O–H groups in total. The summed E-state index contributed by atoms with van der Waals surface area (Å²) in [6.07, 6.45) is 1.40. The van der Waals surface area contributed by atoms with Gasteiger partial charge in [-0.3, -0.25) is 0 Å². The first-order valence-electron chi connectivity index (χ1n) is 5.12. The Balaban J connectivity index is 2.44. The summed E-state index contributed by atoms with van der Waals surface area (Å²) < 4.78 is 6.12. The molecule has 0 saturated carbocycles. The molecular formula is C12H13N3O2. The van der Waals surface area contributed by atoms with Crippen molar-refractivity contribution in [3.05, 3.63) is 41.6 Å². The third-order valence-corrected chi connectivity index (χ3v) is 2.49. The summed E-state index contributed by atoms with van der Waals surface area (Å²) >= 11 is 0. The summed E-state index contributed by atoms with van der Waals surface area (Å²) in [6.45, 7) is 2.00. The van der Waals surface area contributed by atoms with Gasteiger partial charge < -0.3 is 10.5 Å². The van der Waals surface area contributed by atoms with Crippen molar-refractivity contribution in [2.24, 2.45) is 0 Å². The first-order chi connectivity index (χ1) is 8.13. The van der Waals surface area contributed by atoms with E-state index >= 15 is 0 Å². The number of methoxy groups -OCH3 is 1. The first kappa shape index (κ1) is 11.2. The van der Waals surface area contributed by atoms with Gasteiger partial charge in [-0.15, -0.1) is 0 Å². The number of carbonyl (C=O) groups excluding carboxylic acids is 1. The van der Waals surface area contributed by atoms with Crippen molar-refractivity contribution in [1.82, 2.24) is 9.78 Å². The maximum Gasteiger partial charge on any atom is 0.343 e. The molecule has 1 aromatic carbocycles. The lowest BCUT2D eigenvalue weighted by Crippen LogP contribution is -2.07. The molecule has 0 amide bonds. The summed E-state index contributed by atoms with van der Waals surface area (Å²) in [5.74, 6) is -0.207. The number of esters is 1. The highest BCUT2D eigenvalue weighted by molar-refractivity contribution is 5.94. The average Bonchev–Trinajstić information content (AvgIpc) is 2.71. The minimum Gasteiger partial charge on any atom is -0.465 e. The highest BCUT2D eigenvalue weighted by atomic mass is 16.5. The van der Waals surface area contributed by atoms with E-state index in [1.807, 2.05) is 31.2 Å². The fourth-order valence-corrected chi connectivity index (χ4v) is 1.52. The van der Waals surface area contributed by atoms with Crippen LogP contribution in [-0.4, -0.2) is 22.9 Å². The van der Waals surface area contributed by atoms with Gasteiger partial charge in [-0.05, 0) is 19.1 Å². The molecular weight excluding hydrogens is 218 g/mol. The Hall–Kier alpha value is -2.30. The number of ether oxygens (including phenoxy) is 1. The highest BCUT2D eigenvalue weighted by Crippen LogP contribution is 2.17. The molecule has 1 aromatic heterocycles. The summed E-state index contributed by atoms with van der Waals surface area (Å²) in [5.41, 5.74) is 8.08. The number of carbonyl (C=O) groups is 1. The molecule has 0 aliphatic rings. The predicted octanol–water partition coefficient (Wildman–Crippen LogP) is 1.55. The Morgan fingerprint density at radius 2 is 2.00 bits per heavy atom. The van der Waals surface area contributed by atoms with Crippen molar-refractivity contribution >= 4 is 11.8 Å². The average molecular weight is 231 g/mol. The Morgan fingerprint density at radius 3 is 2.59 bits per heavy atom. The van der Waals surface area contributed by atoms with Gasteiger partial charge in [-0.25, -0.2) is 9.48 Å². The standard InChI is InChI=1S/C12H13N3O2/c1-8-3-5-9(6-4-8)15-11(13)10(7-14-15)12(16)17-2/h3-7H,13H2,1-2H3. The quantitative estimate of drug-likeness (QED) is 0.796. The molecule has 0 saturated heterocycles. The Kier molecular flexibility index (Phi) is 2.82. The van der Waals surface area contributed by atoms with E-state index in [0.717, 1.165) is 11.3 Å². The van der Waals surface area contributed by atoms with Gasteiger partial charge in [0.15, 0.2) is 0 Å². The number of nitrogen functional groups attached to an aromatic ring is 1. The van der Waals surface area contributed by atoms with Crippen LogP contribution in [-0.2, 0) is 4.74 Å². The second-order valence-electron chi connectivity index (χ2n) is 3.68. The van der Waals surface area contributed by atoms with Gasteiger partial charge in [-0.1, -0.05) is 17.7 Å². The van der Waals surface area contributed by atoms with Gasteiger partial charge in [0.1, 0.15) is 11.4 Å². The van der Waals surface area contributed by atoms with E-state index in [1.54, 1.807) is 0 Å². The third kappa shape index (κ3) is 1.99. The minimum absolute atomic E-state index is 0.271. The molecule has 17 heavy (non-hydrogen) atoms. The summed E-state index contributed by atoms with van der Waals surface area (Å²) in [7, 11) is 1.31. The molecule has 88 valence electrons. The van der Waals surface area contributed by atoms with Gasteiger partial charge in [0.25, 0.3) is 0 Å². The lowest BCUT2D eigenvalue weighted by Gasteiger charge is -2.04. The van der Waals surface area contributed by atoms with Crippen LogP contribution in [0, 0.1) is 6.92 Å². The lowest BCUT2D eigenvalue weighted by atomic mass is 10.2. The van der Waals surface area contributed by atoms with Crippen LogP contribution in [0.5, 0.6) is 0 Å². The zero-order chi connectivity index (χ0) is 12.4. The van der Waals surface area contributed by atoms with Crippen molar-refractivity contribution in [3.63, 3.8) is 0 Å². The van der Waals surface area contributed by atoms with Crippen LogP contribution in [0.15, 0.2) is 30.5 Å². The number of hydrogen-bond acceptors (Lipinski definition) is 4. The number of nitrogens with two attached hydrogens (primary N) is 1. The maximum absolute atomic E-state index is 11.4. The molecule has 5 nitrogen and oxygen atoms in total. The van der Waals surface area contributed by atoms with Crippen LogP contribution in [0.1, 0.15) is 15.9 Å². The van der Waals surface area contributed by atoms with Crippen LogP contribution >= 0.6 is 0 Å². The smallest absolute Gasteiger partial charge is 0.343 e. The van der Waals surface area contributed by atoms with E-state index in [1.165, 1.54) is 18.0 Å². The topological polar surface area (TPSA) is 70.1 Å². The third-order valence-electron chi connectivity index (χ3n) is 2.49. The SMILES string of the molecule is COC(=O)c1cnn(-c2ccc(C)cc2)c1N. The van der Waals surface area contributed by atoms with Crippen molar-refractivity contribution in [3.8, 4) is 5.69 Å². The summed E-state index contributed by atoms with van der Waals surface area (Å²) in [6, 6.07) is 7.68. The molecule has 0 aliphatic heterocycles. The number of aryl methyl sites for hydroxylation is 1. The molecule has 0 radical (unpaired) electrons. The molecule has 0 unspecified atom stereocenters. The zero-order valence-corrected chi connectivity index (χ0v) is 9.68. The van der Waals surface area contributed by atoms with Crippen LogP contribution in [0.4, 0.5) is 5.82 Å². The molecule has 1 heterocycles. The molecule has 0 aliphatic carbocycles. The van der Waals surface area contributed by atoms with Crippen LogP contribution in [0.2, 0.25) is 0 Å². The van der Waals surface area contributed by atoms with Gasteiger partial charge in [0.05, 0.1) is 19.0 Å². The summed E-state index contributed by atoms with van der Waals surface area (Å²) in [5, 5.41) is 4.08. The molecule has 0 bridgehead atoms. The number of benzene rings is 1. The zero-order valence-electron chi connectivity index (χ0n) is 9.68. The monoisotopic (exact) mass is 231 g/mol. The Labute approximate surface area is 98.8 Å². The maximum atomic E-state index is 11.4. The van der Waals surface area contributed by atoms with Crippen molar-refractivity contribution < 1.29 is 9.53 Å². The summed E-state index contributed by atoms with van der Waals surface area (Å²) in [4.78, 5) is 11.4. The van der Waals surface area contributed by atoms with Crippen LogP contribution in [0.25, 0.3) is 5.69 Å². The van der Waals surface area contributed by atoms with Crippen LogP contribution < -0.4 is 5.73 Å². The molecule has 0 atom stereocenters. The number of nitrogens with zero attached hydrogens (tertiary/aromatic N) is 2. The van der Waals surface area contributed by atoms with Crippen molar-refractivity contribution in [1.29, 1.82) is 0 Å². The van der Waals surface area contributed by atoms with Crippen molar-refractivity contribution in [2.45, 2.75) is 6.92 Å². The molecule has 2 aromatic rings. The van der Waals surface area contributed by atoms with Gasteiger partial charge in [0, 0.05) is 0 Å². The molecule has 0 spiro atoms. The molecule has 0 fully saturated rings. The second kappa shape index (κ2) is 4.29. The van der Waals surface area contributed by atoms with E-state index in [0.29, 0.717) is 0 Å². The first-order valence-corrected chi connectivity index (χ1v) is 5.12. The predicted molar refractivity (Wildman–Crippen MR) is 64.1 cm³/mol.